The number of benzene rings is 2. The molecule has 4 heterocycles. The average Bonchev–Trinajstić information content (AvgIpc) is 3.71. The molecule has 0 unspecified atom stereocenters. The second-order valence-electron chi connectivity index (χ2n) is 12.8. The quantitative estimate of drug-likeness (QED) is 0.194. The molecule has 6 rings (SSSR count). The van der Waals surface area contributed by atoms with Crippen LogP contribution in [0.3, 0.4) is 0 Å². The van der Waals surface area contributed by atoms with Crippen molar-refractivity contribution in [3.8, 4) is 45.4 Å². The molecule has 4 aromatic rings. The van der Waals surface area contributed by atoms with Crippen molar-refractivity contribution in [2.45, 2.75) is 50.9 Å². The zero-order valence-corrected chi connectivity index (χ0v) is 30.0. The van der Waals surface area contributed by atoms with Gasteiger partial charge in [-0.05, 0) is 26.9 Å². The highest BCUT2D eigenvalue weighted by molar-refractivity contribution is 6.39. The van der Waals surface area contributed by atoms with E-state index in [4.69, 9.17) is 52.6 Å². The van der Waals surface area contributed by atoms with Gasteiger partial charge in [0.1, 0.15) is 11.4 Å². The molecule has 2 saturated heterocycles. The Bertz CT molecular complexity index is 1760. The maximum Gasteiger partial charge on any atom is 0.237 e. The van der Waals surface area contributed by atoms with E-state index in [0.29, 0.717) is 94.7 Å². The summed E-state index contributed by atoms with van der Waals surface area (Å²) in [4.78, 5) is 46.3. The number of halogens is 2. The van der Waals surface area contributed by atoms with Crippen LogP contribution >= 0.6 is 23.2 Å². The van der Waals surface area contributed by atoms with Crippen LogP contribution in [0.5, 0.6) is 11.8 Å². The van der Waals surface area contributed by atoms with Crippen LogP contribution in [0, 0.1) is 0 Å². The van der Waals surface area contributed by atoms with E-state index in [1.54, 1.807) is 26.6 Å². The first kappa shape index (κ1) is 35.5. The third-order valence-corrected chi connectivity index (χ3v) is 9.74. The molecule has 14 heteroatoms. The van der Waals surface area contributed by atoms with E-state index in [2.05, 4.69) is 20.4 Å². The number of rotatable bonds is 13. The van der Waals surface area contributed by atoms with E-state index in [1.807, 2.05) is 50.5 Å². The number of likely N-dealkylation sites (N-methyl/N-ethyl adjacent to an activating group) is 2. The van der Waals surface area contributed by atoms with E-state index >= 15 is 0 Å². The molecule has 2 aromatic carbocycles. The summed E-state index contributed by atoms with van der Waals surface area (Å²) in [6, 6.07) is 11.6. The van der Waals surface area contributed by atoms with Gasteiger partial charge in [0.25, 0.3) is 0 Å². The first-order valence-corrected chi connectivity index (χ1v) is 17.2. The highest BCUT2D eigenvalue weighted by Gasteiger charge is 2.25. The van der Waals surface area contributed by atoms with Gasteiger partial charge in [-0.1, -0.05) is 59.6 Å². The number of hydrogen-bond acceptors (Lipinski definition) is 10. The van der Waals surface area contributed by atoms with Crippen molar-refractivity contribution in [1.29, 1.82) is 0 Å². The number of carbonyl (C=O) groups excluding carboxylic acids is 2. The zero-order valence-electron chi connectivity index (χ0n) is 28.5. The zero-order chi connectivity index (χ0) is 35.4. The highest BCUT2D eigenvalue weighted by atomic mass is 35.5. The molecule has 0 spiro atoms. The normalized spacial score (nSPS) is 17.4. The summed E-state index contributed by atoms with van der Waals surface area (Å²) in [5, 5.41) is 6.93. The molecule has 0 aliphatic carbocycles. The lowest BCUT2D eigenvalue weighted by atomic mass is 9.98. The van der Waals surface area contributed by atoms with Crippen molar-refractivity contribution in [2.24, 2.45) is 0 Å². The van der Waals surface area contributed by atoms with Crippen molar-refractivity contribution in [1.82, 2.24) is 40.4 Å². The molecule has 2 N–H and O–H groups in total. The molecule has 0 radical (unpaired) electrons. The van der Waals surface area contributed by atoms with E-state index in [1.165, 1.54) is 0 Å². The minimum absolute atomic E-state index is 0.0910. The lowest BCUT2D eigenvalue weighted by Crippen LogP contribution is -2.36. The predicted molar refractivity (Wildman–Crippen MR) is 192 cm³/mol. The largest absolute Gasteiger partial charge is 0.480 e. The second-order valence-corrected chi connectivity index (χ2v) is 13.5. The average molecular weight is 720 g/mol. The molecule has 2 aromatic heterocycles. The number of amides is 2. The van der Waals surface area contributed by atoms with Gasteiger partial charge in [0.05, 0.1) is 48.0 Å². The second kappa shape index (κ2) is 15.7. The van der Waals surface area contributed by atoms with E-state index < -0.39 is 0 Å². The Hall–Kier alpha value is -4.36. The van der Waals surface area contributed by atoms with Gasteiger partial charge in [0.15, 0.2) is 0 Å². The standard InChI is InChI=1S/C36H40Cl2N8O4/c1-45(17-21-11-13-31(47)41-21)19-29-35(49-3)43-27(15-39-29)25-9-5-7-23(33(25)37)24-8-6-10-26(34(24)38)28-16-40-30(36(44-28)50-4)20-46(2)18-22-12-14-32(48)42-22/h5-10,15-16,21-22H,11-14,17-20H2,1-4H3,(H,41,47)(H,42,48)/t21-,22-/m0/s1. The number of aromatic nitrogens is 4. The molecule has 2 atom stereocenters. The molecule has 0 bridgehead atoms. The fourth-order valence-electron chi connectivity index (χ4n) is 6.49. The Labute approximate surface area is 301 Å². The van der Waals surface area contributed by atoms with Gasteiger partial charge < -0.3 is 20.1 Å². The van der Waals surface area contributed by atoms with Crippen LogP contribution < -0.4 is 20.1 Å². The van der Waals surface area contributed by atoms with Gasteiger partial charge in [-0.25, -0.2) is 9.97 Å². The van der Waals surface area contributed by atoms with E-state index in [0.717, 1.165) is 24.0 Å². The predicted octanol–water partition coefficient (Wildman–Crippen LogP) is 5.01. The number of nitrogens with zero attached hydrogens (tertiary/aromatic N) is 6. The summed E-state index contributed by atoms with van der Waals surface area (Å²) in [6.07, 6.45) is 6.15. The lowest BCUT2D eigenvalue weighted by molar-refractivity contribution is -0.120. The van der Waals surface area contributed by atoms with Crippen molar-refractivity contribution in [2.75, 3.05) is 41.4 Å². The number of ether oxygens (including phenoxy) is 2. The van der Waals surface area contributed by atoms with E-state index in [-0.39, 0.29) is 23.9 Å². The molecular weight excluding hydrogens is 679 g/mol. The Morgan fingerprint density at radius 2 is 1.10 bits per heavy atom. The molecule has 12 nitrogen and oxygen atoms in total. The Morgan fingerprint density at radius 1 is 0.700 bits per heavy atom. The van der Waals surface area contributed by atoms with Crippen LogP contribution in [0.25, 0.3) is 33.6 Å². The first-order chi connectivity index (χ1) is 24.1. The van der Waals surface area contributed by atoms with Crippen LogP contribution in [-0.4, -0.2) is 95.0 Å². The number of carbonyl (C=O) groups is 2. The van der Waals surface area contributed by atoms with Gasteiger partial charge in [-0.2, -0.15) is 0 Å². The number of methoxy groups -OCH3 is 2. The van der Waals surface area contributed by atoms with Crippen LogP contribution in [0.1, 0.15) is 37.1 Å². The van der Waals surface area contributed by atoms with Gasteiger partial charge in [0.2, 0.25) is 23.6 Å². The third kappa shape index (κ3) is 7.99. The van der Waals surface area contributed by atoms with Crippen LogP contribution in [0.2, 0.25) is 10.0 Å². The molecular formula is C36H40Cl2N8O4. The monoisotopic (exact) mass is 718 g/mol. The maximum absolute atomic E-state index is 11.6. The maximum atomic E-state index is 11.6. The van der Waals surface area contributed by atoms with Crippen LogP contribution in [0.15, 0.2) is 48.8 Å². The summed E-state index contributed by atoms with van der Waals surface area (Å²) >= 11 is 14.1. The Kier molecular flexibility index (Phi) is 11.1. The Balaban J connectivity index is 1.22. The Morgan fingerprint density at radius 3 is 1.46 bits per heavy atom. The summed E-state index contributed by atoms with van der Waals surface area (Å²) in [7, 11) is 7.09. The van der Waals surface area contributed by atoms with E-state index in [9.17, 15) is 9.59 Å². The highest BCUT2D eigenvalue weighted by Crippen LogP contribution is 2.42. The first-order valence-electron chi connectivity index (χ1n) is 16.5. The van der Waals surface area contributed by atoms with Gasteiger partial charge in [-0.15, -0.1) is 0 Å². The summed E-state index contributed by atoms with van der Waals surface area (Å²) in [5.41, 5.74) is 5.27. The third-order valence-electron chi connectivity index (χ3n) is 8.92. The fourth-order valence-corrected chi connectivity index (χ4v) is 7.14. The summed E-state index contributed by atoms with van der Waals surface area (Å²) in [5.74, 6) is 0.985. The molecule has 2 fully saturated rings. The summed E-state index contributed by atoms with van der Waals surface area (Å²) in [6.45, 7) is 2.41. The van der Waals surface area contributed by atoms with Crippen molar-refractivity contribution >= 4 is 35.0 Å². The van der Waals surface area contributed by atoms with Crippen molar-refractivity contribution in [3.05, 3.63) is 70.2 Å². The van der Waals surface area contributed by atoms with Crippen LogP contribution in [-0.2, 0) is 22.7 Å². The topological polar surface area (TPSA) is 135 Å². The summed E-state index contributed by atoms with van der Waals surface area (Å²) < 4.78 is 11.3. The molecule has 0 saturated carbocycles. The fraction of sp³-hybridized carbons (Fsp3) is 0.389. The van der Waals surface area contributed by atoms with Gasteiger partial charge >= 0.3 is 0 Å². The smallest absolute Gasteiger partial charge is 0.237 e. The van der Waals surface area contributed by atoms with Crippen molar-refractivity contribution in [3.63, 3.8) is 0 Å². The molecule has 50 heavy (non-hydrogen) atoms. The minimum atomic E-state index is 0.0910. The molecule has 2 amide bonds. The van der Waals surface area contributed by atoms with Crippen LogP contribution in [0.4, 0.5) is 0 Å². The molecule has 262 valence electrons. The lowest BCUT2D eigenvalue weighted by Gasteiger charge is -2.21. The number of hydrogen-bond donors (Lipinski definition) is 2. The van der Waals surface area contributed by atoms with Gasteiger partial charge in [0, 0.05) is 73.4 Å². The van der Waals surface area contributed by atoms with Gasteiger partial charge in [-0.3, -0.25) is 29.4 Å². The molecule has 2 aliphatic heterocycles. The molecule has 2 aliphatic rings. The van der Waals surface area contributed by atoms with Crippen molar-refractivity contribution < 1.29 is 19.1 Å². The minimum Gasteiger partial charge on any atom is -0.480 e. The SMILES string of the molecule is COc1nc(-c2cccc(-c3cccc(-c4cnc(CN(C)C[C@@H]5CCC(=O)N5)c(OC)n4)c3Cl)c2Cl)cnc1CN(C)C[C@@H]1CCC(=O)N1. The number of nitrogens with one attached hydrogen (secondary N) is 2.